The molecule has 0 bridgehead atoms. The highest BCUT2D eigenvalue weighted by molar-refractivity contribution is 7.99. The highest BCUT2D eigenvalue weighted by Crippen LogP contribution is 2.31. The number of anilines is 1. The van der Waals surface area contributed by atoms with E-state index in [4.69, 9.17) is 0 Å². The number of nitrogens with zero attached hydrogens (tertiary/aromatic N) is 4. The van der Waals surface area contributed by atoms with Crippen LogP contribution in [0.2, 0.25) is 0 Å². The molecular formula is C12H12N6S. The van der Waals surface area contributed by atoms with Crippen molar-refractivity contribution < 1.29 is 0 Å². The summed E-state index contributed by atoms with van der Waals surface area (Å²) in [7, 11) is 0. The lowest BCUT2D eigenvalue weighted by Crippen LogP contribution is -2.02. The SMILES string of the molecule is CCNc1nc(Sc2ccncc2)c2cn[nH]c2n1. The minimum Gasteiger partial charge on any atom is -0.354 e. The quantitative estimate of drug-likeness (QED) is 0.710. The second kappa shape index (κ2) is 5.23. The molecule has 0 aromatic carbocycles. The largest absolute Gasteiger partial charge is 0.354 e. The van der Waals surface area contributed by atoms with E-state index in [9.17, 15) is 0 Å². The maximum atomic E-state index is 4.52. The van der Waals surface area contributed by atoms with E-state index in [1.807, 2.05) is 19.1 Å². The third-order valence-corrected chi connectivity index (χ3v) is 3.49. The van der Waals surface area contributed by atoms with Gasteiger partial charge in [0.25, 0.3) is 0 Å². The fourth-order valence-electron chi connectivity index (χ4n) is 1.64. The molecule has 3 rings (SSSR count). The first-order valence-electron chi connectivity index (χ1n) is 5.89. The number of aromatic amines is 1. The molecule has 0 aliphatic heterocycles. The van der Waals surface area contributed by atoms with Crippen LogP contribution in [0.15, 0.2) is 40.6 Å². The Morgan fingerprint density at radius 1 is 1.26 bits per heavy atom. The molecule has 2 N–H and O–H groups in total. The highest BCUT2D eigenvalue weighted by Gasteiger charge is 2.10. The average molecular weight is 272 g/mol. The van der Waals surface area contributed by atoms with Crippen LogP contribution in [-0.2, 0) is 0 Å². The van der Waals surface area contributed by atoms with Gasteiger partial charge < -0.3 is 5.32 Å². The molecule has 0 amide bonds. The summed E-state index contributed by atoms with van der Waals surface area (Å²) in [5, 5.41) is 11.8. The van der Waals surface area contributed by atoms with E-state index in [1.54, 1.807) is 30.4 Å². The van der Waals surface area contributed by atoms with Crippen molar-refractivity contribution in [2.24, 2.45) is 0 Å². The van der Waals surface area contributed by atoms with Gasteiger partial charge in [-0.05, 0) is 19.1 Å². The summed E-state index contributed by atoms with van der Waals surface area (Å²) in [6, 6.07) is 3.90. The molecular weight excluding hydrogens is 260 g/mol. The van der Waals surface area contributed by atoms with E-state index >= 15 is 0 Å². The smallest absolute Gasteiger partial charge is 0.225 e. The van der Waals surface area contributed by atoms with Gasteiger partial charge in [-0.1, -0.05) is 11.8 Å². The first-order valence-corrected chi connectivity index (χ1v) is 6.71. The Morgan fingerprint density at radius 3 is 2.89 bits per heavy atom. The Hall–Kier alpha value is -2.15. The number of fused-ring (bicyclic) bond motifs is 1. The molecule has 0 radical (unpaired) electrons. The van der Waals surface area contributed by atoms with Gasteiger partial charge in [-0.15, -0.1) is 0 Å². The van der Waals surface area contributed by atoms with Crippen LogP contribution in [-0.4, -0.2) is 31.7 Å². The lowest BCUT2D eigenvalue weighted by atomic mass is 10.4. The fourth-order valence-corrected chi connectivity index (χ4v) is 2.51. The zero-order valence-electron chi connectivity index (χ0n) is 10.3. The van der Waals surface area contributed by atoms with E-state index < -0.39 is 0 Å². The minimum atomic E-state index is 0.607. The summed E-state index contributed by atoms with van der Waals surface area (Å²) >= 11 is 1.57. The molecule has 3 heterocycles. The molecule has 3 aromatic rings. The van der Waals surface area contributed by atoms with E-state index in [1.165, 1.54) is 0 Å². The van der Waals surface area contributed by atoms with Crippen LogP contribution in [0.1, 0.15) is 6.92 Å². The number of H-pyrrole nitrogens is 1. The number of hydrogen-bond acceptors (Lipinski definition) is 6. The molecule has 19 heavy (non-hydrogen) atoms. The average Bonchev–Trinajstić information content (AvgIpc) is 2.89. The van der Waals surface area contributed by atoms with Crippen LogP contribution in [0.25, 0.3) is 11.0 Å². The van der Waals surface area contributed by atoms with E-state index in [-0.39, 0.29) is 0 Å². The Bertz CT molecular complexity index is 681. The van der Waals surface area contributed by atoms with Gasteiger partial charge >= 0.3 is 0 Å². The third kappa shape index (κ3) is 2.50. The summed E-state index contributed by atoms with van der Waals surface area (Å²) in [6.07, 6.45) is 5.27. The summed E-state index contributed by atoms with van der Waals surface area (Å²) in [5.74, 6) is 0.607. The Balaban J connectivity index is 2.03. The minimum absolute atomic E-state index is 0.607. The normalized spacial score (nSPS) is 10.8. The van der Waals surface area contributed by atoms with Crippen LogP contribution >= 0.6 is 11.8 Å². The van der Waals surface area contributed by atoms with Gasteiger partial charge in [-0.3, -0.25) is 10.1 Å². The third-order valence-electron chi connectivity index (χ3n) is 2.47. The number of hydrogen-bond donors (Lipinski definition) is 2. The molecule has 0 unspecified atom stereocenters. The maximum absolute atomic E-state index is 4.52. The standard InChI is InChI=1S/C12H12N6S/c1-2-14-12-16-10-9(7-15-18-10)11(17-12)19-8-3-5-13-6-4-8/h3-7H,2H2,1H3,(H2,14,15,16,17,18). The van der Waals surface area contributed by atoms with Gasteiger partial charge in [-0.2, -0.15) is 10.1 Å². The first-order chi connectivity index (χ1) is 9.36. The van der Waals surface area contributed by atoms with Crippen molar-refractivity contribution in [1.29, 1.82) is 0 Å². The van der Waals surface area contributed by atoms with Crippen LogP contribution in [0.3, 0.4) is 0 Å². The molecule has 3 aromatic heterocycles. The summed E-state index contributed by atoms with van der Waals surface area (Å²) in [5.41, 5.74) is 0.738. The van der Waals surface area contributed by atoms with Gasteiger partial charge in [0.15, 0.2) is 5.65 Å². The van der Waals surface area contributed by atoms with Gasteiger partial charge in [0, 0.05) is 23.8 Å². The molecule has 0 aliphatic rings. The number of aromatic nitrogens is 5. The van der Waals surface area contributed by atoms with Crippen molar-refractivity contribution in [3.05, 3.63) is 30.7 Å². The lowest BCUT2D eigenvalue weighted by molar-refractivity contribution is 1.04. The number of nitrogens with one attached hydrogen (secondary N) is 2. The summed E-state index contributed by atoms with van der Waals surface area (Å²) in [6.45, 7) is 2.79. The van der Waals surface area contributed by atoms with E-state index in [0.717, 1.165) is 27.5 Å². The van der Waals surface area contributed by atoms with Gasteiger partial charge in [0.2, 0.25) is 5.95 Å². The van der Waals surface area contributed by atoms with E-state index in [0.29, 0.717) is 5.95 Å². The molecule has 0 spiro atoms. The van der Waals surface area contributed by atoms with E-state index in [2.05, 4.69) is 30.5 Å². The van der Waals surface area contributed by atoms with Crippen molar-refractivity contribution in [3.63, 3.8) is 0 Å². The van der Waals surface area contributed by atoms with Crippen molar-refractivity contribution in [2.45, 2.75) is 16.8 Å². The second-order valence-electron chi connectivity index (χ2n) is 3.80. The number of rotatable bonds is 4. The van der Waals surface area contributed by atoms with Gasteiger partial charge in [-0.25, -0.2) is 4.98 Å². The zero-order valence-corrected chi connectivity index (χ0v) is 11.1. The Morgan fingerprint density at radius 2 is 2.11 bits per heavy atom. The van der Waals surface area contributed by atoms with Crippen molar-refractivity contribution in [2.75, 3.05) is 11.9 Å². The first kappa shape index (κ1) is 11.9. The predicted molar refractivity (Wildman–Crippen MR) is 74.2 cm³/mol. The molecule has 0 saturated heterocycles. The Kier molecular flexibility index (Phi) is 3.28. The molecule has 0 aliphatic carbocycles. The van der Waals surface area contributed by atoms with Crippen LogP contribution in [0, 0.1) is 0 Å². The number of pyridine rings is 1. The molecule has 0 fully saturated rings. The van der Waals surface area contributed by atoms with Crippen molar-refractivity contribution in [1.82, 2.24) is 25.1 Å². The van der Waals surface area contributed by atoms with Crippen LogP contribution in [0.4, 0.5) is 5.95 Å². The lowest BCUT2D eigenvalue weighted by Gasteiger charge is -2.05. The van der Waals surface area contributed by atoms with Gasteiger partial charge in [0.1, 0.15) is 5.03 Å². The van der Waals surface area contributed by atoms with Crippen molar-refractivity contribution in [3.8, 4) is 0 Å². The fraction of sp³-hybridized carbons (Fsp3) is 0.167. The predicted octanol–water partition coefficient (Wildman–Crippen LogP) is 2.33. The monoisotopic (exact) mass is 272 g/mol. The highest BCUT2D eigenvalue weighted by atomic mass is 32.2. The summed E-state index contributed by atoms with van der Waals surface area (Å²) < 4.78 is 0. The molecule has 6 nitrogen and oxygen atoms in total. The van der Waals surface area contributed by atoms with Crippen molar-refractivity contribution >= 4 is 28.7 Å². The Labute approximate surface area is 114 Å². The van der Waals surface area contributed by atoms with Crippen LogP contribution < -0.4 is 5.32 Å². The topological polar surface area (TPSA) is 79.4 Å². The molecule has 0 saturated carbocycles. The van der Waals surface area contributed by atoms with Gasteiger partial charge in [0.05, 0.1) is 11.6 Å². The van der Waals surface area contributed by atoms with Crippen LogP contribution in [0.5, 0.6) is 0 Å². The molecule has 96 valence electrons. The zero-order chi connectivity index (χ0) is 13.1. The second-order valence-corrected chi connectivity index (χ2v) is 4.86. The molecule has 7 heteroatoms. The molecule has 0 atom stereocenters. The summed E-state index contributed by atoms with van der Waals surface area (Å²) in [4.78, 5) is 14.0. The maximum Gasteiger partial charge on any atom is 0.225 e.